The van der Waals surface area contributed by atoms with Crippen LogP contribution in [-0.2, 0) is 10.0 Å². The number of anilines is 2. The molecular formula is C13H9Cl2N3O2S. The lowest BCUT2D eigenvalue weighted by Gasteiger charge is -2.10. The van der Waals surface area contributed by atoms with Crippen molar-refractivity contribution in [1.82, 2.24) is 0 Å². The number of hydrogen-bond donors (Lipinski definition) is 2. The zero-order valence-corrected chi connectivity index (χ0v) is 12.8. The summed E-state index contributed by atoms with van der Waals surface area (Å²) in [4.78, 5) is -0.0365. The lowest BCUT2D eigenvalue weighted by molar-refractivity contribution is 0.601. The average molecular weight is 342 g/mol. The van der Waals surface area contributed by atoms with Crippen molar-refractivity contribution in [2.24, 2.45) is 0 Å². The molecule has 8 heteroatoms. The van der Waals surface area contributed by atoms with E-state index in [-0.39, 0.29) is 31.9 Å². The van der Waals surface area contributed by atoms with Crippen molar-refractivity contribution in [2.75, 3.05) is 10.5 Å². The van der Waals surface area contributed by atoms with Gasteiger partial charge in [-0.05, 0) is 30.3 Å². The first kappa shape index (κ1) is 15.4. The molecule has 0 amide bonds. The number of sulfonamides is 1. The quantitative estimate of drug-likeness (QED) is 0.837. The molecule has 0 fully saturated rings. The van der Waals surface area contributed by atoms with E-state index >= 15 is 0 Å². The van der Waals surface area contributed by atoms with Gasteiger partial charge in [-0.15, -0.1) is 0 Å². The van der Waals surface area contributed by atoms with Crippen molar-refractivity contribution >= 4 is 44.6 Å². The van der Waals surface area contributed by atoms with Crippen LogP contribution in [0, 0.1) is 11.3 Å². The normalized spacial score (nSPS) is 10.9. The Morgan fingerprint density at radius 1 is 1.14 bits per heavy atom. The van der Waals surface area contributed by atoms with Crippen LogP contribution in [0.2, 0.25) is 10.0 Å². The summed E-state index contributed by atoms with van der Waals surface area (Å²) in [5.41, 5.74) is 6.18. The van der Waals surface area contributed by atoms with E-state index in [9.17, 15) is 8.42 Å². The lowest BCUT2D eigenvalue weighted by Crippen LogP contribution is -2.13. The second-order valence-corrected chi connectivity index (χ2v) is 6.60. The molecule has 2 aromatic rings. The Balaban J connectivity index is 2.40. The topological polar surface area (TPSA) is 96.0 Å². The minimum Gasteiger partial charge on any atom is -0.396 e. The maximum atomic E-state index is 12.2. The molecule has 0 spiro atoms. The molecule has 0 unspecified atom stereocenters. The summed E-state index contributed by atoms with van der Waals surface area (Å²) in [6, 6.07) is 10.2. The Hall–Kier alpha value is -1.94. The highest BCUT2D eigenvalue weighted by Gasteiger charge is 2.16. The molecule has 0 aliphatic rings. The SMILES string of the molecule is N#Cc1cccc(S(=O)(=O)Nc2cc(Cl)c(N)c(Cl)c2)c1. The Morgan fingerprint density at radius 3 is 2.33 bits per heavy atom. The molecular weight excluding hydrogens is 333 g/mol. The Kier molecular flexibility index (Phi) is 4.28. The molecule has 108 valence electrons. The van der Waals surface area contributed by atoms with Gasteiger partial charge in [0.25, 0.3) is 10.0 Å². The number of nitrogens with one attached hydrogen (secondary N) is 1. The van der Waals surface area contributed by atoms with E-state index in [1.165, 1.54) is 36.4 Å². The fourth-order valence-electron chi connectivity index (χ4n) is 1.59. The molecule has 5 nitrogen and oxygen atoms in total. The third-order valence-corrected chi connectivity index (χ3v) is 4.61. The van der Waals surface area contributed by atoms with Gasteiger partial charge in [-0.25, -0.2) is 8.42 Å². The van der Waals surface area contributed by atoms with Crippen LogP contribution < -0.4 is 10.5 Å². The Morgan fingerprint density at radius 2 is 1.76 bits per heavy atom. The molecule has 0 aromatic heterocycles. The summed E-state index contributed by atoms with van der Waals surface area (Å²) in [6.07, 6.45) is 0. The summed E-state index contributed by atoms with van der Waals surface area (Å²) in [5.74, 6) is 0. The second kappa shape index (κ2) is 5.82. The number of hydrogen-bond acceptors (Lipinski definition) is 4. The van der Waals surface area contributed by atoms with Gasteiger partial charge in [0, 0.05) is 0 Å². The highest BCUT2D eigenvalue weighted by atomic mass is 35.5. The van der Waals surface area contributed by atoms with Crippen LogP contribution in [0.15, 0.2) is 41.3 Å². The monoisotopic (exact) mass is 341 g/mol. The van der Waals surface area contributed by atoms with Gasteiger partial charge in [0.05, 0.1) is 37.9 Å². The first-order valence-corrected chi connectivity index (χ1v) is 7.85. The standard InChI is InChI=1S/C13H9Cl2N3O2S/c14-11-5-9(6-12(15)13(11)17)18-21(19,20)10-3-1-2-8(4-10)7-16/h1-6,18H,17H2. The summed E-state index contributed by atoms with van der Waals surface area (Å²) in [5, 5.41) is 9.10. The van der Waals surface area contributed by atoms with Gasteiger partial charge in [-0.3, -0.25) is 4.72 Å². The van der Waals surface area contributed by atoms with Crippen LogP contribution in [0.4, 0.5) is 11.4 Å². The van der Waals surface area contributed by atoms with Gasteiger partial charge in [0.15, 0.2) is 0 Å². The average Bonchev–Trinajstić information content (AvgIpc) is 2.44. The number of nitrogen functional groups attached to an aromatic ring is 1. The van der Waals surface area contributed by atoms with Gasteiger partial charge >= 0.3 is 0 Å². The number of nitrogens with two attached hydrogens (primary N) is 1. The van der Waals surface area contributed by atoms with Gasteiger partial charge in [-0.1, -0.05) is 29.3 Å². The van der Waals surface area contributed by atoms with Crippen LogP contribution in [-0.4, -0.2) is 8.42 Å². The van der Waals surface area contributed by atoms with Crippen LogP contribution in [0.25, 0.3) is 0 Å². The lowest BCUT2D eigenvalue weighted by atomic mass is 10.2. The minimum absolute atomic E-state index is 0.0365. The number of rotatable bonds is 3. The molecule has 0 aliphatic carbocycles. The number of nitriles is 1. The van der Waals surface area contributed by atoms with E-state index in [1.54, 1.807) is 0 Å². The zero-order chi connectivity index (χ0) is 15.6. The predicted molar refractivity (Wildman–Crippen MR) is 82.8 cm³/mol. The first-order chi connectivity index (χ1) is 9.83. The number of halogens is 2. The maximum absolute atomic E-state index is 12.2. The molecule has 0 saturated carbocycles. The van der Waals surface area contributed by atoms with Crippen LogP contribution in [0.1, 0.15) is 5.56 Å². The van der Waals surface area contributed by atoms with E-state index in [2.05, 4.69) is 4.72 Å². The third kappa shape index (κ3) is 3.39. The van der Waals surface area contributed by atoms with Crippen molar-refractivity contribution in [3.05, 3.63) is 52.0 Å². The molecule has 0 atom stereocenters. The van der Waals surface area contributed by atoms with E-state index < -0.39 is 10.0 Å². The van der Waals surface area contributed by atoms with Crippen molar-refractivity contribution in [3.8, 4) is 6.07 Å². The van der Waals surface area contributed by atoms with E-state index in [1.807, 2.05) is 6.07 Å². The number of benzene rings is 2. The summed E-state index contributed by atoms with van der Waals surface area (Å²) in [7, 11) is -3.85. The van der Waals surface area contributed by atoms with Crippen molar-refractivity contribution < 1.29 is 8.42 Å². The molecule has 0 aliphatic heterocycles. The fourth-order valence-corrected chi connectivity index (χ4v) is 3.16. The van der Waals surface area contributed by atoms with Gasteiger partial charge in [-0.2, -0.15) is 5.26 Å². The molecule has 0 bridgehead atoms. The molecule has 0 heterocycles. The molecule has 3 N–H and O–H groups in total. The largest absolute Gasteiger partial charge is 0.396 e. The van der Waals surface area contributed by atoms with E-state index in [0.717, 1.165) is 0 Å². The fraction of sp³-hybridized carbons (Fsp3) is 0. The molecule has 2 aromatic carbocycles. The molecule has 21 heavy (non-hydrogen) atoms. The van der Waals surface area contributed by atoms with Gasteiger partial charge < -0.3 is 5.73 Å². The molecule has 2 rings (SSSR count). The minimum atomic E-state index is -3.85. The zero-order valence-electron chi connectivity index (χ0n) is 10.5. The van der Waals surface area contributed by atoms with E-state index in [4.69, 9.17) is 34.2 Å². The first-order valence-electron chi connectivity index (χ1n) is 5.61. The Labute approximate surface area is 132 Å². The number of nitrogens with zero attached hydrogens (tertiary/aromatic N) is 1. The predicted octanol–water partition coefficient (Wildman–Crippen LogP) is 3.25. The molecule has 0 radical (unpaired) electrons. The summed E-state index contributed by atoms with van der Waals surface area (Å²) in [6.45, 7) is 0. The second-order valence-electron chi connectivity index (χ2n) is 4.10. The van der Waals surface area contributed by atoms with Crippen LogP contribution >= 0.6 is 23.2 Å². The van der Waals surface area contributed by atoms with Crippen LogP contribution in [0.3, 0.4) is 0 Å². The van der Waals surface area contributed by atoms with Crippen molar-refractivity contribution in [1.29, 1.82) is 5.26 Å². The van der Waals surface area contributed by atoms with Gasteiger partial charge in [0.2, 0.25) is 0 Å². The third-order valence-electron chi connectivity index (χ3n) is 2.60. The maximum Gasteiger partial charge on any atom is 0.261 e. The Bertz CT molecular complexity index is 822. The van der Waals surface area contributed by atoms with Crippen LogP contribution in [0.5, 0.6) is 0 Å². The van der Waals surface area contributed by atoms with Crippen molar-refractivity contribution in [3.63, 3.8) is 0 Å². The van der Waals surface area contributed by atoms with Gasteiger partial charge in [0.1, 0.15) is 0 Å². The highest BCUT2D eigenvalue weighted by molar-refractivity contribution is 7.92. The summed E-state index contributed by atoms with van der Waals surface area (Å²) < 4.78 is 26.8. The van der Waals surface area contributed by atoms with Crippen molar-refractivity contribution in [2.45, 2.75) is 4.90 Å². The highest BCUT2D eigenvalue weighted by Crippen LogP contribution is 2.32. The van der Waals surface area contributed by atoms with E-state index in [0.29, 0.717) is 0 Å². The smallest absolute Gasteiger partial charge is 0.261 e. The molecule has 0 saturated heterocycles. The summed E-state index contributed by atoms with van der Waals surface area (Å²) >= 11 is 11.7.